The molecule has 0 fully saturated rings. The summed E-state index contributed by atoms with van der Waals surface area (Å²) in [5.74, 6) is 1.73. The monoisotopic (exact) mass is 236 g/mol. The molecule has 0 saturated carbocycles. The van der Waals surface area contributed by atoms with Gasteiger partial charge in [0.15, 0.2) is 0 Å². The fourth-order valence-electron chi connectivity index (χ4n) is 1.67. The predicted molar refractivity (Wildman–Crippen MR) is 68.8 cm³/mol. The lowest BCUT2D eigenvalue weighted by Crippen LogP contribution is -2.31. The first kappa shape index (κ1) is 11.3. The van der Waals surface area contributed by atoms with Crippen LogP contribution in [0.3, 0.4) is 0 Å². The molecule has 0 aliphatic carbocycles. The van der Waals surface area contributed by atoms with Gasteiger partial charge in [0.05, 0.1) is 13.2 Å². The zero-order chi connectivity index (χ0) is 11.7. The number of hydrogen-bond donors (Lipinski definition) is 2. The summed E-state index contributed by atoms with van der Waals surface area (Å²) in [5, 5.41) is 3.36. The highest BCUT2D eigenvalue weighted by molar-refractivity contribution is 7.80. The summed E-state index contributed by atoms with van der Waals surface area (Å²) in [6.07, 6.45) is 0. The number of hydrogen-bond acceptors (Lipinski definition) is 4. The molecule has 0 aromatic heterocycles. The van der Waals surface area contributed by atoms with Crippen LogP contribution >= 0.6 is 12.6 Å². The van der Waals surface area contributed by atoms with Crippen LogP contribution < -0.4 is 10.1 Å². The topological polar surface area (TPSA) is 33.6 Å². The van der Waals surface area contributed by atoms with Gasteiger partial charge in [-0.1, -0.05) is 0 Å². The number of benzene rings is 1. The van der Waals surface area contributed by atoms with Crippen LogP contribution in [0.25, 0.3) is 0 Å². The van der Waals surface area contributed by atoms with Gasteiger partial charge in [0.25, 0.3) is 0 Å². The first-order valence-corrected chi connectivity index (χ1v) is 5.78. The van der Waals surface area contributed by atoms with Crippen LogP contribution in [0.5, 0.6) is 5.75 Å². The molecule has 0 radical (unpaired) electrons. The minimum absolute atomic E-state index is 0.300. The number of methoxy groups -OCH3 is 1. The van der Waals surface area contributed by atoms with Gasteiger partial charge < -0.3 is 10.1 Å². The van der Waals surface area contributed by atoms with Crippen LogP contribution in [0, 0.1) is 0 Å². The molecule has 86 valence electrons. The lowest BCUT2D eigenvalue weighted by atomic mass is 10.2. The summed E-state index contributed by atoms with van der Waals surface area (Å²) in [6, 6.07) is 6.45. The minimum Gasteiger partial charge on any atom is -0.497 e. The second kappa shape index (κ2) is 4.37. The SMILES string of the molecule is COc1ccc(S)c(C2=NC(C)C(C)N2)c1. The molecule has 1 aliphatic rings. The van der Waals surface area contributed by atoms with E-state index in [9.17, 15) is 0 Å². The van der Waals surface area contributed by atoms with E-state index in [1.807, 2.05) is 18.2 Å². The molecule has 0 amide bonds. The number of ether oxygens (including phenoxy) is 1. The Hall–Kier alpha value is -1.16. The van der Waals surface area contributed by atoms with Gasteiger partial charge in [-0.3, -0.25) is 4.99 Å². The normalized spacial score (nSPS) is 23.9. The van der Waals surface area contributed by atoms with Crippen LogP contribution in [-0.4, -0.2) is 25.0 Å². The van der Waals surface area contributed by atoms with E-state index in [4.69, 9.17) is 4.74 Å². The van der Waals surface area contributed by atoms with E-state index in [0.717, 1.165) is 22.0 Å². The standard InChI is InChI=1S/C12H16N2OS/c1-7-8(2)14-12(13-7)10-6-9(15-3)4-5-11(10)16/h4-8,16H,1-3H3,(H,13,14). The van der Waals surface area contributed by atoms with Gasteiger partial charge in [-0.15, -0.1) is 12.6 Å². The highest BCUT2D eigenvalue weighted by atomic mass is 32.1. The Kier molecular flexibility index (Phi) is 3.10. The van der Waals surface area contributed by atoms with E-state index in [-0.39, 0.29) is 0 Å². The van der Waals surface area contributed by atoms with Gasteiger partial charge >= 0.3 is 0 Å². The third-order valence-electron chi connectivity index (χ3n) is 2.88. The summed E-state index contributed by atoms with van der Waals surface area (Å²) < 4.78 is 5.21. The predicted octanol–water partition coefficient (Wildman–Crippen LogP) is 2.11. The third kappa shape index (κ3) is 2.02. The molecule has 3 nitrogen and oxygen atoms in total. The van der Waals surface area contributed by atoms with Gasteiger partial charge in [0.2, 0.25) is 0 Å². The van der Waals surface area contributed by atoms with Crippen LogP contribution in [0.1, 0.15) is 19.4 Å². The van der Waals surface area contributed by atoms with Crippen molar-refractivity contribution in [2.75, 3.05) is 7.11 Å². The molecular weight excluding hydrogens is 220 g/mol. The molecule has 0 bridgehead atoms. The number of thiol groups is 1. The van der Waals surface area contributed by atoms with Crippen LogP contribution in [0.15, 0.2) is 28.1 Å². The molecule has 2 unspecified atom stereocenters. The number of amidine groups is 1. The zero-order valence-corrected chi connectivity index (χ0v) is 10.6. The molecule has 0 spiro atoms. The van der Waals surface area contributed by atoms with Crippen molar-refractivity contribution >= 4 is 18.5 Å². The van der Waals surface area contributed by atoms with Crippen molar-refractivity contribution in [1.29, 1.82) is 0 Å². The Morgan fingerprint density at radius 2 is 2.12 bits per heavy atom. The van der Waals surface area contributed by atoms with Gasteiger partial charge in [-0.05, 0) is 32.0 Å². The van der Waals surface area contributed by atoms with E-state index < -0.39 is 0 Å². The number of rotatable bonds is 2. The number of nitrogens with one attached hydrogen (secondary N) is 1. The van der Waals surface area contributed by atoms with Crippen molar-refractivity contribution in [2.24, 2.45) is 4.99 Å². The Labute approximate surface area is 101 Å². The van der Waals surface area contributed by atoms with Gasteiger partial charge in [-0.2, -0.15) is 0 Å². The maximum absolute atomic E-state index is 5.21. The van der Waals surface area contributed by atoms with Crippen molar-refractivity contribution in [1.82, 2.24) is 5.32 Å². The molecule has 1 aromatic rings. The number of nitrogens with zero attached hydrogens (tertiary/aromatic N) is 1. The summed E-state index contributed by atoms with van der Waals surface area (Å²) in [5.41, 5.74) is 0.999. The largest absolute Gasteiger partial charge is 0.497 e. The van der Waals surface area contributed by atoms with E-state index in [0.29, 0.717) is 12.1 Å². The lowest BCUT2D eigenvalue weighted by Gasteiger charge is -2.10. The van der Waals surface area contributed by atoms with E-state index in [1.165, 1.54) is 0 Å². The smallest absolute Gasteiger partial charge is 0.130 e. The summed E-state index contributed by atoms with van der Waals surface area (Å²) in [4.78, 5) is 5.49. The molecule has 1 aliphatic heterocycles. The summed E-state index contributed by atoms with van der Waals surface area (Å²) >= 11 is 4.44. The maximum atomic E-state index is 5.21. The van der Waals surface area contributed by atoms with Crippen LogP contribution in [0.2, 0.25) is 0 Å². The average Bonchev–Trinajstić information content (AvgIpc) is 2.60. The zero-order valence-electron chi connectivity index (χ0n) is 9.69. The Balaban J connectivity index is 2.37. The Morgan fingerprint density at radius 1 is 1.38 bits per heavy atom. The van der Waals surface area contributed by atoms with Gasteiger partial charge in [-0.25, -0.2) is 0 Å². The highest BCUT2D eigenvalue weighted by Gasteiger charge is 2.22. The fourth-order valence-corrected chi connectivity index (χ4v) is 1.91. The number of aliphatic imine (C=N–C) groups is 1. The molecule has 16 heavy (non-hydrogen) atoms. The Morgan fingerprint density at radius 3 is 2.69 bits per heavy atom. The van der Waals surface area contributed by atoms with Crippen molar-refractivity contribution < 1.29 is 4.74 Å². The molecule has 1 aromatic carbocycles. The van der Waals surface area contributed by atoms with Gasteiger partial charge in [0, 0.05) is 16.5 Å². The molecule has 2 atom stereocenters. The highest BCUT2D eigenvalue weighted by Crippen LogP contribution is 2.23. The molecule has 2 rings (SSSR count). The third-order valence-corrected chi connectivity index (χ3v) is 3.27. The van der Waals surface area contributed by atoms with Crippen molar-refractivity contribution in [2.45, 2.75) is 30.8 Å². The van der Waals surface area contributed by atoms with Crippen molar-refractivity contribution in [3.05, 3.63) is 23.8 Å². The second-order valence-corrected chi connectivity index (χ2v) is 4.52. The summed E-state index contributed by atoms with van der Waals surface area (Å²) in [6.45, 7) is 4.22. The minimum atomic E-state index is 0.300. The molecular formula is C12H16N2OS. The molecule has 0 saturated heterocycles. The fraction of sp³-hybridized carbons (Fsp3) is 0.417. The van der Waals surface area contributed by atoms with E-state index in [1.54, 1.807) is 7.11 Å². The average molecular weight is 236 g/mol. The molecule has 1 N–H and O–H groups in total. The maximum Gasteiger partial charge on any atom is 0.130 e. The lowest BCUT2D eigenvalue weighted by molar-refractivity contribution is 0.414. The van der Waals surface area contributed by atoms with E-state index >= 15 is 0 Å². The van der Waals surface area contributed by atoms with Gasteiger partial charge in [0.1, 0.15) is 11.6 Å². The van der Waals surface area contributed by atoms with Crippen molar-refractivity contribution in [3.63, 3.8) is 0 Å². The molecule has 1 heterocycles. The Bertz CT molecular complexity index is 431. The van der Waals surface area contributed by atoms with Crippen molar-refractivity contribution in [3.8, 4) is 5.75 Å². The van der Waals surface area contributed by atoms with Crippen LogP contribution in [0.4, 0.5) is 0 Å². The first-order chi connectivity index (χ1) is 7.61. The summed E-state index contributed by atoms with van der Waals surface area (Å²) in [7, 11) is 1.66. The first-order valence-electron chi connectivity index (χ1n) is 5.33. The van der Waals surface area contributed by atoms with Crippen LogP contribution in [-0.2, 0) is 0 Å². The molecule has 4 heteroatoms. The second-order valence-electron chi connectivity index (χ2n) is 4.03. The quantitative estimate of drug-likeness (QED) is 0.771. The van der Waals surface area contributed by atoms with E-state index in [2.05, 4.69) is 36.8 Å².